The molecule has 0 amide bonds. The van der Waals surface area contributed by atoms with Gasteiger partial charge in [0.1, 0.15) is 11.4 Å². The third kappa shape index (κ3) is 4.72. The van der Waals surface area contributed by atoms with Crippen molar-refractivity contribution in [1.29, 1.82) is 0 Å². The zero-order valence-corrected chi connectivity index (χ0v) is 15.7. The lowest BCUT2D eigenvalue weighted by molar-refractivity contribution is -0.387. The van der Waals surface area contributed by atoms with Crippen molar-refractivity contribution < 1.29 is 9.66 Å². The van der Waals surface area contributed by atoms with Crippen LogP contribution in [0.25, 0.3) is 12.2 Å². The third-order valence-corrected chi connectivity index (χ3v) is 4.20. The van der Waals surface area contributed by atoms with Gasteiger partial charge in [-0.05, 0) is 30.2 Å². The van der Waals surface area contributed by atoms with Gasteiger partial charge in [-0.2, -0.15) is 0 Å². The van der Waals surface area contributed by atoms with Crippen LogP contribution in [-0.4, -0.2) is 20.7 Å². The minimum atomic E-state index is -0.932. The Bertz CT molecular complexity index is 955. The molecule has 8 nitrogen and oxygen atoms in total. The molecular weight excluding hydrogens is 350 g/mol. The summed E-state index contributed by atoms with van der Waals surface area (Å²) in [5.74, 6) is 0.746. The van der Waals surface area contributed by atoms with Crippen LogP contribution < -0.4 is 16.0 Å². The standard InChI is InChI=1S/C19H23N3O5/c1-4-5-6-13-27-15-10-7-14(8-11-15)9-12-16-17(22(25)26)18(23)21(3)19(24)20(16)2/h7-12H,4-6,13H2,1-3H3. The Morgan fingerprint density at radius 3 is 2.33 bits per heavy atom. The Kier molecular flexibility index (Phi) is 6.70. The van der Waals surface area contributed by atoms with Crippen molar-refractivity contribution in [2.45, 2.75) is 26.2 Å². The molecule has 144 valence electrons. The summed E-state index contributed by atoms with van der Waals surface area (Å²) >= 11 is 0. The highest BCUT2D eigenvalue weighted by Gasteiger charge is 2.23. The second-order valence-corrected chi connectivity index (χ2v) is 6.15. The van der Waals surface area contributed by atoms with Crippen molar-refractivity contribution in [2.24, 2.45) is 14.1 Å². The Morgan fingerprint density at radius 2 is 1.74 bits per heavy atom. The van der Waals surface area contributed by atoms with Gasteiger partial charge in [-0.3, -0.25) is 24.0 Å². The van der Waals surface area contributed by atoms with Crippen molar-refractivity contribution in [3.63, 3.8) is 0 Å². The SMILES string of the molecule is CCCCCOc1ccc(C=Cc2c([N+](=O)[O-])c(=O)n(C)c(=O)n2C)cc1. The van der Waals surface area contributed by atoms with E-state index in [0.29, 0.717) is 6.61 Å². The molecule has 0 aliphatic heterocycles. The van der Waals surface area contributed by atoms with E-state index in [-0.39, 0.29) is 5.69 Å². The zero-order chi connectivity index (χ0) is 20.0. The van der Waals surface area contributed by atoms with Gasteiger partial charge in [-0.15, -0.1) is 0 Å². The Hall–Kier alpha value is -3.16. The summed E-state index contributed by atoms with van der Waals surface area (Å²) in [6.07, 6.45) is 6.26. The van der Waals surface area contributed by atoms with Crippen LogP contribution >= 0.6 is 0 Å². The van der Waals surface area contributed by atoms with Crippen molar-refractivity contribution in [1.82, 2.24) is 9.13 Å². The lowest BCUT2D eigenvalue weighted by Crippen LogP contribution is -2.39. The molecule has 27 heavy (non-hydrogen) atoms. The molecule has 2 rings (SSSR count). The summed E-state index contributed by atoms with van der Waals surface area (Å²) in [6.45, 7) is 2.79. The number of nitrogens with zero attached hydrogens (tertiary/aromatic N) is 3. The van der Waals surface area contributed by atoms with E-state index >= 15 is 0 Å². The molecule has 0 atom stereocenters. The molecule has 1 heterocycles. The van der Waals surface area contributed by atoms with Crippen LogP contribution in [0.4, 0.5) is 5.69 Å². The van der Waals surface area contributed by atoms with Crippen molar-refractivity contribution in [2.75, 3.05) is 6.61 Å². The predicted octanol–water partition coefficient (Wildman–Crippen LogP) is 2.73. The number of unbranched alkanes of at least 4 members (excludes halogenated alkanes) is 2. The highest BCUT2D eigenvalue weighted by Crippen LogP contribution is 2.17. The van der Waals surface area contributed by atoms with Gasteiger partial charge < -0.3 is 4.74 Å². The van der Waals surface area contributed by atoms with Gasteiger partial charge in [-0.25, -0.2) is 4.79 Å². The van der Waals surface area contributed by atoms with Gasteiger partial charge in [0, 0.05) is 14.1 Å². The molecule has 0 aliphatic carbocycles. The van der Waals surface area contributed by atoms with Crippen molar-refractivity contribution >= 4 is 17.8 Å². The fourth-order valence-corrected chi connectivity index (χ4v) is 2.60. The molecule has 2 aromatic rings. The monoisotopic (exact) mass is 373 g/mol. The Labute approximate surface area is 156 Å². The molecule has 0 bridgehead atoms. The fourth-order valence-electron chi connectivity index (χ4n) is 2.60. The summed E-state index contributed by atoms with van der Waals surface area (Å²) in [7, 11) is 2.60. The molecule has 0 unspecified atom stereocenters. The third-order valence-electron chi connectivity index (χ3n) is 4.20. The molecule has 0 saturated heterocycles. The summed E-state index contributed by atoms with van der Waals surface area (Å²) in [5.41, 5.74) is -1.47. The first-order valence-corrected chi connectivity index (χ1v) is 8.72. The minimum absolute atomic E-state index is 0.0482. The van der Waals surface area contributed by atoms with E-state index in [9.17, 15) is 19.7 Å². The van der Waals surface area contributed by atoms with E-state index in [1.807, 2.05) is 12.1 Å². The van der Waals surface area contributed by atoms with E-state index in [1.165, 1.54) is 20.2 Å². The number of benzene rings is 1. The molecule has 0 spiro atoms. The maximum absolute atomic E-state index is 12.1. The van der Waals surface area contributed by atoms with Crippen LogP contribution in [0.15, 0.2) is 33.9 Å². The number of nitro groups is 1. The Morgan fingerprint density at radius 1 is 1.07 bits per heavy atom. The summed E-state index contributed by atoms with van der Waals surface area (Å²) < 4.78 is 7.44. The first-order valence-electron chi connectivity index (χ1n) is 8.72. The number of aromatic nitrogens is 2. The summed E-state index contributed by atoms with van der Waals surface area (Å²) in [4.78, 5) is 34.6. The highest BCUT2D eigenvalue weighted by molar-refractivity contribution is 5.72. The van der Waals surface area contributed by atoms with Crippen LogP contribution in [0.5, 0.6) is 5.75 Å². The molecule has 0 aliphatic rings. The van der Waals surface area contributed by atoms with Gasteiger partial charge in [-0.1, -0.05) is 38.0 Å². The smallest absolute Gasteiger partial charge is 0.357 e. The molecule has 0 saturated carbocycles. The quantitative estimate of drug-likeness (QED) is 0.403. The number of rotatable bonds is 8. The van der Waals surface area contributed by atoms with Crippen LogP contribution in [0.2, 0.25) is 0 Å². The maximum Gasteiger partial charge on any atom is 0.357 e. The van der Waals surface area contributed by atoms with Gasteiger partial charge in [0.05, 0.1) is 11.5 Å². The van der Waals surface area contributed by atoms with Crippen LogP contribution in [0, 0.1) is 10.1 Å². The minimum Gasteiger partial charge on any atom is -0.494 e. The van der Waals surface area contributed by atoms with E-state index in [2.05, 4.69) is 6.92 Å². The second-order valence-electron chi connectivity index (χ2n) is 6.15. The molecule has 1 aromatic carbocycles. The molecule has 1 aromatic heterocycles. The second kappa shape index (κ2) is 8.98. The van der Waals surface area contributed by atoms with Gasteiger partial charge in [0.2, 0.25) is 0 Å². The number of ether oxygens (including phenoxy) is 1. The molecule has 0 radical (unpaired) electrons. The number of hydrogen-bond acceptors (Lipinski definition) is 5. The zero-order valence-electron chi connectivity index (χ0n) is 15.7. The van der Waals surface area contributed by atoms with E-state index in [4.69, 9.17) is 4.74 Å². The van der Waals surface area contributed by atoms with Gasteiger partial charge in [0.15, 0.2) is 0 Å². The molecular formula is C19H23N3O5. The van der Waals surface area contributed by atoms with Crippen molar-refractivity contribution in [3.05, 3.63) is 66.5 Å². The van der Waals surface area contributed by atoms with E-state index in [0.717, 1.165) is 39.7 Å². The maximum atomic E-state index is 12.1. The average Bonchev–Trinajstić information content (AvgIpc) is 2.66. The summed E-state index contributed by atoms with van der Waals surface area (Å²) in [6, 6.07) is 7.22. The average molecular weight is 373 g/mol. The highest BCUT2D eigenvalue weighted by atomic mass is 16.6. The number of hydrogen-bond donors (Lipinski definition) is 0. The van der Waals surface area contributed by atoms with Crippen LogP contribution in [-0.2, 0) is 14.1 Å². The topological polar surface area (TPSA) is 96.4 Å². The molecule has 0 N–H and O–H groups in total. The van der Waals surface area contributed by atoms with Gasteiger partial charge >= 0.3 is 16.9 Å². The van der Waals surface area contributed by atoms with Crippen LogP contribution in [0.1, 0.15) is 37.4 Å². The largest absolute Gasteiger partial charge is 0.494 e. The first-order chi connectivity index (χ1) is 12.9. The molecule has 8 heteroatoms. The first kappa shape index (κ1) is 20.2. The summed E-state index contributed by atoms with van der Waals surface area (Å²) in [5, 5.41) is 11.3. The van der Waals surface area contributed by atoms with Crippen LogP contribution in [0.3, 0.4) is 0 Å². The normalized spacial score (nSPS) is 11.1. The van der Waals surface area contributed by atoms with Gasteiger partial charge in [0.25, 0.3) is 0 Å². The van der Waals surface area contributed by atoms with E-state index in [1.54, 1.807) is 18.2 Å². The predicted molar refractivity (Wildman–Crippen MR) is 104 cm³/mol. The molecule has 0 fully saturated rings. The van der Waals surface area contributed by atoms with Crippen molar-refractivity contribution in [3.8, 4) is 5.75 Å². The lowest BCUT2D eigenvalue weighted by Gasteiger charge is -2.07. The fraction of sp³-hybridized carbons (Fsp3) is 0.368. The Balaban J connectivity index is 2.27. The lowest BCUT2D eigenvalue weighted by atomic mass is 10.2. The van der Waals surface area contributed by atoms with E-state index < -0.39 is 21.9 Å².